The highest BCUT2D eigenvalue weighted by atomic mass is 35.5. The average Bonchev–Trinajstić information content (AvgIpc) is 3.65. The topological polar surface area (TPSA) is 98.0 Å². The zero-order chi connectivity index (χ0) is 29.9. The predicted molar refractivity (Wildman–Crippen MR) is 150 cm³/mol. The van der Waals surface area contributed by atoms with Crippen LogP contribution in [0.1, 0.15) is 40.6 Å². The summed E-state index contributed by atoms with van der Waals surface area (Å²) in [4.78, 5) is 16.3. The van der Waals surface area contributed by atoms with Crippen molar-refractivity contribution in [3.8, 4) is 11.5 Å². The Labute approximate surface area is 250 Å². The molecule has 42 heavy (non-hydrogen) atoms. The maximum atomic E-state index is 13.5. The summed E-state index contributed by atoms with van der Waals surface area (Å²) in [6.45, 7) is -2.77. The zero-order valence-electron chi connectivity index (χ0n) is 21.9. The number of aromatic nitrogens is 2. The molecule has 1 aliphatic carbocycles. The number of halogens is 4. The van der Waals surface area contributed by atoms with Crippen molar-refractivity contribution in [2.75, 3.05) is 6.61 Å². The van der Waals surface area contributed by atoms with Gasteiger partial charge in [-0.1, -0.05) is 47.5 Å². The Balaban J connectivity index is 1.51. The van der Waals surface area contributed by atoms with Crippen LogP contribution in [0.4, 0.5) is 8.78 Å². The quantitative estimate of drug-likeness (QED) is 0.167. The number of carbonyl (C=O) groups excluding carboxylic acids is 1. The van der Waals surface area contributed by atoms with Crippen LogP contribution < -0.4 is 14.5 Å². The molecule has 0 unspecified atom stereocenters. The molecule has 1 aliphatic rings. The molecule has 5 rings (SSSR count). The lowest BCUT2D eigenvalue weighted by atomic mass is 10.0. The molecule has 13 heteroatoms. The third kappa shape index (κ3) is 6.86. The van der Waals surface area contributed by atoms with Gasteiger partial charge in [0.25, 0.3) is 10.0 Å². The molecule has 2 aromatic heterocycles. The third-order valence-electron chi connectivity index (χ3n) is 6.58. The van der Waals surface area contributed by atoms with Crippen molar-refractivity contribution in [2.24, 2.45) is 5.92 Å². The van der Waals surface area contributed by atoms with Crippen LogP contribution in [0.3, 0.4) is 0 Å². The molecule has 1 atom stereocenters. The number of rotatable bonds is 12. The van der Waals surface area contributed by atoms with E-state index >= 15 is 0 Å². The van der Waals surface area contributed by atoms with Crippen molar-refractivity contribution in [1.29, 1.82) is 0 Å². The van der Waals surface area contributed by atoms with E-state index in [-0.39, 0.29) is 38.6 Å². The molecule has 0 aliphatic heterocycles. The molecule has 1 fully saturated rings. The lowest BCUT2D eigenvalue weighted by Crippen LogP contribution is -2.21. The first kappa shape index (κ1) is 29.8. The van der Waals surface area contributed by atoms with Gasteiger partial charge in [-0.2, -0.15) is 8.78 Å². The van der Waals surface area contributed by atoms with E-state index in [1.165, 1.54) is 61.1 Å². The normalized spacial score (nSPS) is 14.0. The number of aromatic amines is 1. The van der Waals surface area contributed by atoms with Gasteiger partial charge in [0.15, 0.2) is 23.9 Å². The fourth-order valence-corrected chi connectivity index (χ4v) is 6.12. The lowest BCUT2D eigenvalue weighted by Gasteiger charge is -2.21. The molecule has 1 N–H and O–H groups in total. The average molecular weight is 638 g/mol. The molecule has 0 spiro atoms. The highest BCUT2D eigenvalue weighted by Crippen LogP contribution is 2.38. The number of nitrogens with zero attached hydrogens (tertiary/aromatic N) is 1. The van der Waals surface area contributed by atoms with Crippen molar-refractivity contribution in [3.05, 3.63) is 106 Å². The van der Waals surface area contributed by atoms with Crippen molar-refractivity contribution < 1.29 is 41.2 Å². The molecule has 0 bridgehead atoms. The number of pyridine rings is 1. The van der Waals surface area contributed by atoms with Crippen LogP contribution in [0.5, 0.6) is 11.5 Å². The summed E-state index contributed by atoms with van der Waals surface area (Å²) in [5, 5.41) is 0.530. The number of ether oxygens (including phenoxy) is 3. The van der Waals surface area contributed by atoms with Gasteiger partial charge in [0.1, 0.15) is 21.8 Å². The number of nitrogens with one attached hydrogen (secondary N) is 1. The van der Waals surface area contributed by atoms with E-state index in [1.807, 2.05) is 0 Å². The SMILES string of the molecule is O=C(O[C@@H](Cc1c(Cl)c[nH+]cc1Cl)c1ccc(OC(F)F)c(OCC2CC2)c1)c1cccn1S(=O)(=O)c1ccccc1. The lowest BCUT2D eigenvalue weighted by molar-refractivity contribution is -0.377. The van der Waals surface area contributed by atoms with Gasteiger partial charge < -0.3 is 14.2 Å². The summed E-state index contributed by atoms with van der Waals surface area (Å²) in [5.74, 6) is -0.756. The number of alkyl halides is 2. The Kier molecular flexibility index (Phi) is 9.00. The first-order valence-electron chi connectivity index (χ1n) is 12.9. The first-order chi connectivity index (χ1) is 20.1. The third-order valence-corrected chi connectivity index (χ3v) is 8.96. The van der Waals surface area contributed by atoms with E-state index < -0.39 is 28.7 Å². The Morgan fingerprint density at radius 2 is 1.71 bits per heavy atom. The van der Waals surface area contributed by atoms with Crippen LogP contribution in [0.15, 0.2) is 84.1 Å². The molecule has 8 nitrogen and oxygen atoms in total. The van der Waals surface area contributed by atoms with E-state index in [1.54, 1.807) is 18.2 Å². The number of benzene rings is 2. The largest absolute Gasteiger partial charge is 0.489 e. The molecule has 2 heterocycles. The Bertz CT molecular complexity index is 1660. The summed E-state index contributed by atoms with van der Waals surface area (Å²) in [7, 11) is -4.12. The second kappa shape index (κ2) is 12.7. The van der Waals surface area contributed by atoms with Gasteiger partial charge in [-0.3, -0.25) is 0 Å². The highest BCUT2D eigenvalue weighted by molar-refractivity contribution is 7.90. The maximum Gasteiger partial charge on any atom is 0.387 e. The molecule has 1 saturated carbocycles. The predicted octanol–water partition coefficient (Wildman–Crippen LogP) is 6.38. The van der Waals surface area contributed by atoms with E-state index in [0.29, 0.717) is 23.7 Å². The minimum Gasteiger partial charge on any atom is -0.489 e. The summed E-state index contributed by atoms with van der Waals surface area (Å²) in [6.07, 6.45) is 5.08. The number of H-pyrrole nitrogens is 1. The van der Waals surface area contributed by atoms with Gasteiger partial charge in [-0.05, 0) is 60.7 Å². The van der Waals surface area contributed by atoms with Gasteiger partial charge in [0.05, 0.1) is 11.5 Å². The first-order valence-corrected chi connectivity index (χ1v) is 15.1. The zero-order valence-corrected chi connectivity index (χ0v) is 24.2. The highest BCUT2D eigenvalue weighted by Gasteiger charge is 2.29. The molecule has 0 saturated heterocycles. The van der Waals surface area contributed by atoms with Gasteiger partial charge in [-0.25, -0.2) is 22.2 Å². The van der Waals surface area contributed by atoms with Gasteiger partial charge in [-0.15, -0.1) is 0 Å². The van der Waals surface area contributed by atoms with Gasteiger partial charge >= 0.3 is 12.6 Å². The molecule has 220 valence electrons. The van der Waals surface area contributed by atoms with Gasteiger partial charge in [0.2, 0.25) is 0 Å². The molecule has 2 aromatic carbocycles. The van der Waals surface area contributed by atoms with Crippen molar-refractivity contribution in [2.45, 2.75) is 36.9 Å². The molecule has 0 amide bonds. The number of esters is 1. The van der Waals surface area contributed by atoms with Crippen LogP contribution >= 0.6 is 23.2 Å². The Morgan fingerprint density at radius 3 is 2.38 bits per heavy atom. The van der Waals surface area contributed by atoms with Crippen LogP contribution in [0.25, 0.3) is 0 Å². The fourth-order valence-electron chi connectivity index (χ4n) is 4.24. The van der Waals surface area contributed by atoms with Crippen molar-refractivity contribution in [3.63, 3.8) is 0 Å². The number of hydrogen-bond acceptors (Lipinski definition) is 6. The molecule has 4 aromatic rings. The summed E-state index contributed by atoms with van der Waals surface area (Å²) in [5.41, 5.74) is 0.556. The second-order valence-corrected chi connectivity index (χ2v) is 12.2. The monoisotopic (exact) mass is 637 g/mol. The van der Waals surface area contributed by atoms with Crippen LogP contribution in [-0.4, -0.2) is 31.6 Å². The summed E-state index contributed by atoms with van der Waals surface area (Å²) < 4.78 is 69.9. The smallest absolute Gasteiger partial charge is 0.387 e. The minimum atomic E-state index is -4.12. The van der Waals surface area contributed by atoms with E-state index in [0.717, 1.165) is 16.8 Å². The van der Waals surface area contributed by atoms with Gasteiger partial charge in [0, 0.05) is 18.2 Å². The number of carbonyl (C=O) groups is 1. The van der Waals surface area contributed by atoms with Crippen LogP contribution in [-0.2, 0) is 21.2 Å². The summed E-state index contributed by atoms with van der Waals surface area (Å²) in [6, 6.07) is 14.6. The molecular formula is C29H25Cl2F2N2O6S+. The van der Waals surface area contributed by atoms with E-state index in [2.05, 4.69) is 9.72 Å². The minimum absolute atomic E-state index is 0.0158. The van der Waals surface area contributed by atoms with E-state index in [4.69, 9.17) is 32.7 Å². The molecule has 0 radical (unpaired) electrons. The Hall–Kier alpha value is -3.67. The molecular weight excluding hydrogens is 613 g/mol. The Morgan fingerprint density at radius 1 is 1.00 bits per heavy atom. The van der Waals surface area contributed by atoms with Crippen LogP contribution in [0, 0.1) is 5.92 Å². The standard InChI is InChI=1S/C29H24Cl2F2N2O6S/c30-22-15-34-16-23(31)21(22)14-26(19-10-11-25(41-29(32)33)27(13-19)39-17-18-8-9-18)40-28(36)24-7-4-12-35(24)42(37,38)20-5-2-1-3-6-20/h1-7,10-13,15-16,18,26,29H,8-9,14,17H2/p+1/t26-/m0/s1. The number of hydrogen-bond donors (Lipinski definition) is 0. The second-order valence-electron chi connectivity index (χ2n) is 9.57. The fraction of sp³-hybridized carbons (Fsp3) is 0.241. The van der Waals surface area contributed by atoms with E-state index in [9.17, 15) is 22.0 Å². The maximum absolute atomic E-state index is 13.5. The van der Waals surface area contributed by atoms with Crippen molar-refractivity contribution in [1.82, 2.24) is 3.97 Å². The van der Waals surface area contributed by atoms with Crippen molar-refractivity contribution >= 4 is 39.2 Å². The summed E-state index contributed by atoms with van der Waals surface area (Å²) >= 11 is 12.8. The van der Waals surface area contributed by atoms with Crippen LogP contribution in [0.2, 0.25) is 10.0 Å².